The van der Waals surface area contributed by atoms with Crippen LogP contribution in [0.25, 0.3) is 0 Å². The fourth-order valence-electron chi connectivity index (χ4n) is 2.95. The highest BCUT2D eigenvalue weighted by Crippen LogP contribution is 2.29. The van der Waals surface area contributed by atoms with Crippen molar-refractivity contribution in [2.24, 2.45) is 5.92 Å². The molecule has 1 aliphatic carbocycles. The number of nitrogens with zero attached hydrogens (tertiary/aromatic N) is 3. The number of carbonyl (C=O) groups excluding carboxylic acids is 3. The Bertz CT molecular complexity index is 694. The highest BCUT2D eigenvalue weighted by atomic mass is 16.2. The third kappa shape index (κ3) is 4.50. The summed E-state index contributed by atoms with van der Waals surface area (Å²) in [4.78, 5) is 43.4. The van der Waals surface area contributed by atoms with Gasteiger partial charge in [-0.1, -0.05) is 0 Å². The second-order valence-electron chi connectivity index (χ2n) is 7.10. The molecule has 8 heteroatoms. The Balaban J connectivity index is 1.50. The number of likely N-dealkylation sites (tertiary alicyclic amines) is 1. The van der Waals surface area contributed by atoms with Crippen LogP contribution in [0.5, 0.6) is 0 Å². The zero-order valence-electron chi connectivity index (χ0n) is 15.2. The maximum atomic E-state index is 12.4. The van der Waals surface area contributed by atoms with Crippen LogP contribution in [0.15, 0.2) is 18.3 Å². The van der Waals surface area contributed by atoms with Gasteiger partial charge in [0.1, 0.15) is 5.69 Å². The molecular weight excluding hydrogens is 334 g/mol. The lowest BCUT2D eigenvalue weighted by Gasteiger charge is -2.32. The van der Waals surface area contributed by atoms with E-state index in [0.29, 0.717) is 18.8 Å². The highest BCUT2D eigenvalue weighted by Gasteiger charge is 2.32. The van der Waals surface area contributed by atoms with Gasteiger partial charge in [-0.2, -0.15) is 0 Å². The van der Waals surface area contributed by atoms with Crippen LogP contribution in [-0.2, 0) is 4.79 Å². The van der Waals surface area contributed by atoms with Crippen LogP contribution in [0.3, 0.4) is 0 Å². The minimum atomic E-state index is -0.215. The van der Waals surface area contributed by atoms with E-state index in [1.54, 1.807) is 31.1 Å². The zero-order valence-corrected chi connectivity index (χ0v) is 15.2. The van der Waals surface area contributed by atoms with E-state index in [9.17, 15) is 14.4 Å². The van der Waals surface area contributed by atoms with Crippen molar-refractivity contribution in [2.75, 3.05) is 32.5 Å². The smallest absolute Gasteiger partial charge is 0.321 e. The lowest BCUT2D eigenvalue weighted by atomic mass is 10.1. The van der Waals surface area contributed by atoms with Gasteiger partial charge in [-0.15, -0.1) is 0 Å². The van der Waals surface area contributed by atoms with Crippen LogP contribution >= 0.6 is 0 Å². The molecule has 2 fully saturated rings. The number of rotatable bonds is 4. The SMILES string of the molecule is CN(C)C(=O)c1cc(NC(=O)N2CCC(NC(=O)C3CC3)CC2)ccn1. The van der Waals surface area contributed by atoms with Gasteiger partial charge in [0.25, 0.3) is 5.91 Å². The zero-order chi connectivity index (χ0) is 18.7. The Hall–Kier alpha value is -2.64. The molecule has 0 unspecified atom stereocenters. The summed E-state index contributed by atoms with van der Waals surface area (Å²) in [5, 5.41) is 5.89. The van der Waals surface area contributed by atoms with E-state index in [1.807, 2.05) is 0 Å². The fourth-order valence-corrected chi connectivity index (χ4v) is 2.95. The van der Waals surface area contributed by atoms with Gasteiger partial charge in [-0.3, -0.25) is 14.6 Å². The molecular formula is C18H25N5O3. The lowest BCUT2D eigenvalue weighted by Crippen LogP contribution is -2.48. The summed E-state index contributed by atoms with van der Waals surface area (Å²) in [5.74, 6) is 0.151. The molecule has 2 heterocycles. The maximum absolute atomic E-state index is 12.4. The Morgan fingerprint density at radius 1 is 1.15 bits per heavy atom. The van der Waals surface area contributed by atoms with Crippen molar-refractivity contribution < 1.29 is 14.4 Å². The number of amides is 4. The first kappa shape index (κ1) is 18.2. The van der Waals surface area contributed by atoms with Crippen LogP contribution in [0.2, 0.25) is 0 Å². The molecule has 0 bridgehead atoms. The molecule has 1 saturated heterocycles. The van der Waals surface area contributed by atoms with Crippen molar-refractivity contribution in [1.82, 2.24) is 20.1 Å². The van der Waals surface area contributed by atoms with Crippen LogP contribution in [-0.4, -0.2) is 65.9 Å². The summed E-state index contributed by atoms with van der Waals surface area (Å²) in [6.45, 7) is 1.19. The van der Waals surface area contributed by atoms with Gasteiger partial charge in [-0.25, -0.2) is 4.79 Å². The molecule has 0 radical (unpaired) electrons. The molecule has 1 saturated carbocycles. The van der Waals surface area contributed by atoms with Crippen molar-refractivity contribution in [3.63, 3.8) is 0 Å². The second kappa shape index (κ2) is 7.72. The molecule has 1 aromatic rings. The van der Waals surface area contributed by atoms with E-state index >= 15 is 0 Å². The van der Waals surface area contributed by atoms with Gasteiger partial charge in [0.15, 0.2) is 0 Å². The third-order valence-electron chi connectivity index (χ3n) is 4.71. The fraction of sp³-hybridized carbons (Fsp3) is 0.556. The quantitative estimate of drug-likeness (QED) is 0.847. The molecule has 26 heavy (non-hydrogen) atoms. The van der Waals surface area contributed by atoms with Crippen molar-refractivity contribution in [2.45, 2.75) is 31.7 Å². The number of hydrogen-bond acceptors (Lipinski definition) is 4. The van der Waals surface area contributed by atoms with Crippen LogP contribution < -0.4 is 10.6 Å². The lowest BCUT2D eigenvalue weighted by molar-refractivity contribution is -0.123. The molecule has 8 nitrogen and oxygen atoms in total. The van der Waals surface area contributed by atoms with Gasteiger partial charge >= 0.3 is 6.03 Å². The molecule has 4 amide bonds. The molecule has 0 aromatic carbocycles. The minimum absolute atomic E-state index is 0.150. The molecule has 0 atom stereocenters. The molecule has 1 aliphatic heterocycles. The Kier molecular flexibility index (Phi) is 5.39. The Morgan fingerprint density at radius 2 is 1.85 bits per heavy atom. The van der Waals surface area contributed by atoms with E-state index in [0.717, 1.165) is 25.7 Å². The van der Waals surface area contributed by atoms with E-state index in [1.165, 1.54) is 11.1 Å². The van der Waals surface area contributed by atoms with Gasteiger partial charge in [-0.05, 0) is 37.8 Å². The summed E-state index contributed by atoms with van der Waals surface area (Å²) in [7, 11) is 3.31. The number of carbonyl (C=O) groups is 3. The van der Waals surface area contributed by atoms with Crippen LogP contribution in [0.1, 0.15) is 36.2 Å². The normalized spacial score (nSPS) is 17.5. The van der Waals surface area contributed by atoms with Crippen LogP contribution in [0, 0.1) is 5.92 Å². The molecule has 2 aliphatic rings. The highest BCUT2D eigenvalue weighted by molar-refractivity contribution is 5.95. The topological polar surface area (TPSA) is 94.6 Å². The Morgan fingerprint density at radius 3 is 2.46 bits per heavy atom. The number of urea groups is 1. The Labute approximate surface area is 152 Å². The van der Waals surface area contributed by atoms with Gasteiger partial charge in [0, 0.05) is 51.0 Å². The number of aromatic nitrogens is 1. The van der Waals surface area contributed by atoms with Crippen molar-refractivity contribution in [3.8, 4) is 0 Å². The first-order valence-corrected chi connectivity index (χ1v) is 8.98. The minimum Gasteiger partial charge on any atom is -0.353 e. The molecule has 140 valence electrons. The first-order chi connectivity index (χ1) is 12.4. The van der Waals surface area contributed by atoms with E-state index in [2.05, 4.69) is 15.6 Å². The number of piperidine rings is 1. The van der Waals surface area contributed by atoms with E-state index < -0.39 is 0 Å². The summed E-state index contributed by atoms with van der Waals surface area (Å²) in [6, 6.07) is 3.18. The van der Waals surface area contributed by atoms with Crippen molar-refractivity contribution in [1.29, 1.82) is 0 Å². The first-order valence-electron chi connectivity index (χ1n) is 8.98. The van der Waals surface area contributed by atoms with Crippen molar-refractivity contribution >= 4 is 23.5 Å². The third-order valence-corrected chi connectivity index (χ3v) is 4.71. The molecule has 0 spiro atoms. The summed E-state index contributed by atoms with van der Waals surface area (Å²) in [6.07, 6.45) is 5.01. The maximum Gasteiger partial charge on any atom is 0.321 e. The second-order valence-corrected chi connectivity index (χ2v) is 7.10. The molecule has 2 N–H and O–H groups in total. The van der Waals surface area contributed by atoms with E-state index in [4.69, 9.17) is 0 Å². The van der Waals surface area contributed by atoms with E-state index in [-0.39, 0.29) is 35.5 Å². The van der Waals surface area contributed by atoms with Gasteiger partial charge < -0.3 is 20.4 Å². The number of nitrogens with one attached hydrogen (secondary N) is 2. The van der Waals surface area contributed by atoms with Gasteiger partial charge in [0.2, 0.25) is 5.91 Å². The standard InChI is InChI=1S/C18H25N5O3/c1-22(2)17(25)15-11-14(5-8-19-15)21-18(26)23-9-6-13(7-10-23)20-16(24)12-3-4-12/h5,8,11-13H,3-4,6-7,9-10H2,1-2H3,(H,20,24)(H,19,21,26). The molecule has 3 rings (SSSR count). The average Bonchev–Trinajstić information content (AvgIpc) is 3.47. The largest absolute Gasteiger partial charge is 0.353 e. The summed E-state index contributed by atoms with van der Waals surface area (Å²) >= 11 is 0. The monoisotopic (exact) mass is 359 g/mol. The molecule has 1 aromatic heterocycles. The van der Waals surface area contributed by atoms with Gasteiger partial charge in [0.05, 0.1) is 0 Å². The number of pyridine rings is 1. The predicted octanol–water partition coefficient (Wildman–Crippen LogP) is 1.31. The predicted molar refractivity (Wildman–Crippen MR) is 96.7 cm³/mol. The summed E-state index contributed by atoms with van der Waals surface area (Å²) in [5.41, 5.74) is 0.827. The number of anilines is 1. The van der Waals surface area contributed by atoms with Crippen LogP contribution in [0.4, 0.5) is 10.5 Å². The van der Waals surface area contributed by atoms with Crippen molar-refractivity contribution in [3.05, 3.63) is 24.0 Å². The average molecular weight is 359 g/mol. The summed E-state index contributed by atoms with van der Waals surface area (Å²) < 4.78 is 0. The number of hydrogen-bond donors (Lipinski definition) is 2.